The maximum Gasteiger partial charge on any atom is 0.119 e. The van der Waals surface area contributed by atoms with Crippen LogP contribution in [0.25, 0.3) is 0 Å². The molecule has 0 bridgehead atoms. The molecule has 0 radical (unpaired) electrons. The normalized spacial score (nSPS) is 13.5. The van der Waals surface area contributed by atoms with Crippen molar-refractivity contribution < 1.29 is 4.74 Å². The predicted octanol–water partition coefficient (Wildman–Crippen LogP) is 3.40. The summed E-state index contributed by atoms with van der Waals surface area (Å²) in [6.07, 6.45) is 0. The van der Waals surface area contributed by atoms with Crippen molar-refractivity contribution >= 4 is 0 Å². The van der Waals surface area contributed by atoms with Gasteiger partial charge < -0.3 is 10.1 Å². The average Bonchev–Trinajstić information content (AvgIpc) is 2.25. The van der Waals surface area contributed by atoms with E-state index in [1.54, 1.807) is 0 Å². The minimum Gasteiger partial charge on any atom is -0.492 e. The smallest absolute Gasteiger partial charge is 0.119 e. The van der Waals surface area contributed by atoms with Crippen LogP contribution in [0.1, 0.15) is 33.3 Å². The van der Waals surface area contributed by atoms with Gasteiger partial charge in [-0.1, -0.05) is 45.4 Å². The van der Waals surface area contributed by atoms with Gasteiger partial charge in [-0.05, 0) is 31.0 Å². The summed E-state index contributed by atoms with van der Waals surface area (Å²) in [6.45, 7) is 12.6. The molecule has 1 aromatic carbocycles. The van der Waals surface area contributed by atoms with Gasteiger partial charge in [0.2, 0.25) is 0 Å². The van der Waals surface area contributed by atoms with Crippen LogP contribution in [0, 0.1) is 12.3 Å². The van der Waals surface area contributed by atoms with E-state index in [2.05, 4.69) is 52.1 Å². The minimum absolute atomic E-state index is 0.209. The highest BCUT2D eigenvalue weighted by Gasteiger charge is 2.24. The summed E-state index contributed by atoms with van der Waals surface area (Å²) in [5.41, 5.74) is 1.47. The molecule has 1 rings (SSSR count). The second-order valence-corrected chi connectivity index (χ2v) is 5.60. The molecule has 2 heteroatoms. The zero-order valence-corrected chi connectivity index (χ0v) is 11.7. The van der Waals surface area contributed by atoms with Gasteiger partial charge in [0.1, 0.15) is 12.4 Å². The van der Waals surface area contributed by atoms with E-state index >= 15 is 0 Å². The summed E-state index contributed by atoms with van der Waals surface area (Å²) in [4.78, 5) is 0. The van der Waals surface area contributed by atoms with Crippen LogP contribution in [0.3, 0.4) is 0 Å². The van der Waals surface area contributed by atoms with Crippen LogP contribution in [-0.2, 0) is 0 Å². The summed E-state index contributed by atoms with van der Waals surface area (Å²) in [5.74, 6) is 0.947. The Balaban J connectivity index is 2.54. The Morgan fingerprint density at radius 1 is 1.18 bits per heavy atom. The Kier molecular flexibility index (Phi) is 5.01. The molecule has 0 aliphatic carbocycles. The monoisotopic (exact) mass is 235 g/mol. The summed E-state index contributed by atoms with van der Waals surface area (Å²) in [7, 11) is 0. The van der Waals surface area contributed by atoms with Crippen LogP contribution in [0.15, 0.2) is 24.3 Å². The standard InChI is InChI=1S/C15H25NO/c1-6-16-14(15(3,4)5)11-17-13-9-7-12(2)8-10-13/h7-10,14,16H,6,11H2,1-5H3. The molecular weight excluding hydrogens is 210 g/mol. The lowest BCUT2D eigenvalue weighted by Gasteiger charge is -2.31. The topological polar surface area (TPSA) is 21.3 Å². The van der Waals surface area contributed by atoms with Crippen LogP contribution < -0.4 is 10.1 Å². The molecule has 1 N–H and O–H groups in total. The van der Waals surface area contributed by atoms with Crippen LogP contribution in [0.5, 0.6) is 5.75 Å². The lowest BCUT2D eigenvalue weighted by Crippen LogP contribution is -2.44. The highest BCUT2D eigenvalue weighted by Crippen LogP contribution is 2.20. The lowest BCUT2D eigenvalue weighted by molar-refractivity contribution is 0.176. The minimum atomic E-state index is 0.209. The molecular formula is C15H25NO. The number of aryl methyl sites for hydroxylation is 1. The first-order valence-corrected chi connectivity index (χ1v) is 6.36. The first-order chi connectivity index (χ1) is 7.93. The van der Waals surface area contributed by atoms with E-state index in [0.717, 1.165) is 12.3 Å². The Morgan fingerprint density at radius 3 is 2.24 bits per heavy atom. The molecule has 0 aliphatic heterocycles. The number of hydrogen-bond acceptors (Lipinski definition) is 2. The fourth-order valence-electron chi connectivity index (χ4n) is 1.68. The highest BCUT2D eigenvalue weighted by molar-refractivity contribution is 5.26. The van der Waals surface area contributed by atoms with Crippen molar-refractivity contribution in [3.05, 3.63) is 29.8 Å². The fourth-order valence-corrected chi connectivity index (χ4v) is 1.68. The molecule has 0 aliphatic rings. The quantitative estimate of drug-likeness (QED) is 0.844. The first-order valence-electron chi connectivity index (χ1n) is 6.36. The van der Waals surface area contributed by atoms with Gasteiger partial charge in [0.15, 0.2) is 0 Å². The van der Waals surface area contributed by atoms with Gasteiger partial charge in [-0.3, -0.25) is 0 Å². The third kappa shape index (κ3) is 4.78. The predicted molar refractivity (Wildman–Crippen MR) is 73.6 cm³/mol. The third-order valence-corrected chi connectivity index (χ3v) is 2.93. The molecule has 2 nitrogen and oxygen atoms in total. The molecule has 0 saturated heterocycles. The van der Waals surface area contributed by atoms with Gasteiger partial charge in [0, 0.05) is 6.04 Å². The van der Waals surface area contributed by atoms with Crippen molar-refractivity contribution in [2.45, 2.75) is 40.7 Å². The van der Waals surface area contributed by atoms with E-state index in [1.807, 2.05) is 12.1 Å². The molecule has 0 saturated carbocycles. The summed E-state index contributed by atoms with van der Waals surface area (Å²) >= 11 is 0. The molecule has 96 valence electrons. The Bertz CT molecular complexity index is 324. The van der Waals surface area contributed by atoms with E-state index in [-0.39, 0.29) is 5.41 Å². The van der Waals surface area contributed by atoms with E-state index in [4.69, 9.17) is 4.74 Å². The molecule has 17 heavy (non-hydrogen) atoms. The number of rotatable bonds is 5. The number of nitrogens with one attached hydrogen (secondary N) is 1. The van der Waals surface area contributed by atoms with Gasteiger partial charge in [-0.25, -0.2) is 0 Å². The van der Waals surface area contributed by atoms with Crippen molar-refractivity contribution in [1.82, 2.24) is 5.32 Å². The maximum absolute atomic E-state index is 5.84. The second kappa shape index (κ2) is 6.06. The van der Waals surface area contributed by atoms with Gasteiger partial charge in [0.25, 0.3) is 0 Å². The first kappa shape index (κ1) is 14.0. The molecule has 1 aromatic rings. The Hall–Kier alpha value is -1.02. The number of ether oxygens (including phenoxy) is 1. The molecule has 1 atom stereocenters. The maximum atomic E-state index is 5.84. The second-order valence-electron chi connectivity index (χ2n) is 5.60. The van der Waals surface area contributed by atoms with Gasteiger partial charge in [-0.2, -0.15) is 0 Å². The van der Waals surface area contributed by atoms with Gasteiger partial charge in [-0.15, -0.1) is 0 Å². The SMILES string of the molecule is CCNC(COc1ccc(C)cc1)C(C)(C)C. The van der Waals surface area contributed by atoms with Crippen molar-refractivity contribution in [1.29, 1.82) is 0 Å². The lowest BCUT2D eigenvalue weighted by atomic mass is 9.87. The Morgan fingerprint density at radius 2 is 1.76 bits per heavy atom. The molecule has 0 heterocycles. The molecule has 0 aromatic heterocycles. The average molecular weight is 235 g/mol. The van der Waals surface area contributed by atoms with E-state index in [0.29, 0.717) is 12.6 Å². The van der Waals surface area contributed by atoms with E-state index in [1.165, 1.54) is 5.56 Å². The van der Waals surface area contributed by atoms with E-state index in [9.17, 15) is 0 Å². The fraction of sp³-hybridized carbons (Fsp3) is 0.600. The molecule has 0 fully saturated rings. The van der Waals surface area contributed by atoms with Crippen molar-refractivity contribution in [2.24, 2.45) is 5.41 Å². The third-order valence-electron chi connectivity index (χ3n) is 2.93. The number of likely N-dealkylation sites (N-methyl/N-ethyl adjacent to an activating group) is 1. The van der Waals surface area contributed by atoms with Crippen LogP contribution >= 0.6 is 0 Å². The highest BCUT2D eigenvalue weighted by atomic mass is 16.5. The summed E-state index contributed by atoms with van der Waals surface area (Å²) in [5, 5.41) is 3.48. The van der Waals surface area contributed by atoms with Gasteiger partial charge >= 0.3 is 0 Å². The summed E-state index contributed by atoms with van der Waals surface area (Å²) < 4.78 is 5.84. The Labute approximate surface area is 105 Å². The number of benzene rings is 1. The molecule has 1 unspecified atom stereocenters. The van der Waals surface area contributed by atoms with Crippen LogP contribution in [0.4, 0.5) is 0 Å². The van der Waals surface area contributed by atoms with Crippen LogP contribution in [-0.4, -0.2) is 19.2 Å². The zero-order valence-electron chi connectivity index (χ0n) is 11.7. The zero-order chi connectivity index (χ0) is 12.9. The van der Waals surface area contributed by atoms with E-state index < -0.39 is 0 Å². The largest absolute Gasteiger partial charge is 0.492 e. The summed E-state index contributed by atoms with van der Waals surface area (Å²) in [6, 6.07) is 8.58. The van der Waals surface area contributed by atoms with Crippen molar-refractivity contribution in [2.75, 3.05) is 13.2 Å². The van der Waals surface area contributed by atoms with Crippen LogP contribution in [0.2, 0.25) is 0 Å². The van der Waals surface area contributed by atoms with Crippen molar-refractivity contribution in [3.8, 4) is 5.75 Å². The van der Waals surface area contributed by atoms with Gasteiger partial charge in [0.05, 0.1) is 0 Å². The van der Waals surface area contributed by atoms with Crippen molar-refractivity contribution in [3.63, 3.8) is 0 Å². The molecule has 0 amide bonds. The number of hydrogen-bond donors (Lipinski definition) is 1. The molecule has 0 spiro atoms.